The molecule has 1 heterocycles. The van der Waals surface area contributed by atoms with Crippen LogP contribution in [0.1, 0.15) is 59.6 Å². The van der Waals surface area contributed by atoms with Crippen molar-refractivity contribution in [1.29, 1.82) is 0 Å². The van der Waals surface area contributed by atoms with Crippen molar-refractivity contribution in [1.82, 2.24) is 10.3 Å². The lowest BCUT2D eigenvalue weighted by Gasteiger charge is -2.25. The molecule has 0 aliphatic heterocycles. The van der Waals surface area contributed by atoms with Crippen molar-refractivity contribution in [3.05, 3.63) is 24.0 Å². The van der Waals surface area contributed by atoms with E-state index in [-0.39, 0.29) is 17.7 Å². The van der Waals surface area contributed by atoms with Crippen LogP contribution in [0, 0.1) is 0 Å². The fourth-order valence-electron chi connectivity index (χ4n) is 1.89. The molecule has 0 fully saturated rings. The van der Waals surface area contributed by atoms with Gasteiger partial charge in [0.25, 0.3) is 0 Å². The van der Waals surface area contributed by atoms with Crippen molar-refractivity contribution in [3.63, 3.8) is 0 Å². The first kappa shape index (κ1) is 17.9. The molecule has 21 heavy (non-hydrogen) atoms. The summed E-state index contributed by atoms with van der Waals surface area (Å²) in [5, 5.41) is 3.52. The summed E-state index contributed by atoms with van der Waals surface area (Å²) >= 11 is 0. The number of nitrogens with one attached hydrogen (secondary N) is 1. The van der Waals surface area contributed by atoms with E-state index in [4.69, 9.17) is 9.47 Å². The SMILES string of the molecule is CCCNC(COC(C)(C)C)c1cncc(OC(C)C)c1. The lowest BCUT2D eigenvalue weighted by Crippen LogP contribution is -2.31. The molecule has 0 spiro atoms. The second kappa shape index (κ2) is 8.35. The number of hydrogen-bond donors (Lipinski definition) is 1. The lowest BCUT2D eigenvalue weighted by molar-refractivity contribution is -0.0148. The molecule has 0 aliphatic carbocycles. The van der Waals surface area contributed by atoms with Gasteiger partial charge in [-0.15, -0.1) is 0 Å². The quantitative estimate of drug-likeness (QED) is 0.793. The van der Waals surface area contributed by atoms with E-state index in [0.717, 1.165) is 24.3 Å². The highest BCUT2D eigenvalue weighted by Crippen LogP contribution is 2.21. The predicted octanol–water partition coefficient (Wildman–Crippen LogP) is 3.72. The number of hydrogen-bond acceptors (Lipinski definition) is 4. The van der Waals surface area contributed by atoms with Gasteiger partial charge in [-0.25, -0.2) is 0 Å². The second-order valence-corrected chi connectivity index (χ2v) is 6.55. The molecule has 1 N–H and O–H groups in total. The molecule has 0 amide bonds. The standard InChI is InChI=1S/C17H30N2O2/c1-7-8-19-16(12-20-17(4,5)6)14-9-15(11-18-10-14)21-13(2)3/h9-11,13,16,19H,7-8,12H2,1-6H3. The van der Waals surface area contributed by atoms with Gasteiger partial charge >= 0.3 is 0 Å². The Kier molecular flexibility index (Phi) is 7.12. The van der Waals surface area contributed by atoms with Crippen LogP contribution in [-0.2, 0) is 4.74 Å². The molecule has 4 heteroatoms. The molecular weight excluding hydrogens is 264 g/mol. The molecule has 1 aromatic heterocycles. The van der Waals surface area contributed by atoms with Crippen LogP contribution in [0.15, 0.2) is 18.5 Å². The van der Waals surface area contributed by atoms with Crippen LogP contribution in [0.4, 0.5) is 0 Å². The molecular formula is C17H30N2O2. The Hall–Kier alpha value is -1.13. The smallest absolute Gasteiger partial charge is 0.138 e. The highest BCUT2D eigenvalue weighted by molar-refractivity contribution is 5.26. The minimum atomic E-state index is -0.147. The Morgan fingerprint density at radius 3 is 2.52 bits per heavy atom. The normalized spacial score (nSPS) is 13.5. The predicted molar refractivity (Wildman–Crippen MR) is 86.7 cm³/mol. The molecule has 1 rings (SSSR count). The maximum atomic E-state index is 5.93. The molecule has 0 aliphatic rings. The van der Waals surface area contributed by atoms with Gasteiger partial charge in [0.05, 0.1) is 30.6 Å². The summed E-state index contributed by atoms with van der Waals surface area (Å²) in [6, 6.07) is 2.18. The molecule has 1 aromatic rings. The number of pyridine rings is 1. The molecule has 0 bridgehead atoms. The largest absolute Gasteiger partial charge is 0.489 e. The van der Waals surface area contributed by atoms with Crippen molar-refractivity contribution in [3.8, 4) is 5.75 Å². The Balaban J connectivity index is 2.81. The van der Waals surface area contributed by atoms with Crippen LogP contribution in [-0.4, -0.2) is 29.8 Å². The van der Waals surface area contributed by atoms with Crippen LogP contribution < -0.4 is 10.1 Å². The van der Waals surface area contributed by atoms with Gasteiger partial charge in [0, 0.05) is 6.20 Å². The molecule has 120 valence electrons. The molecule has 0 radical (unpaired) electrons. The summed E-state index contributed by atoms with van der Waals surface area (Å²) in [4.78, 5) is 4.29. The topological polar surface area (TPSA) is 43.4 Å². The van der Waals surface area contributed by atoms with Gasteiger partial charge in [0.15, 0.2) is 0 Å². The Labute approximate surface area is 129 Å². The average molecular weight is 294 g/mol. The molecule has 1 unspecified atom stereocenters. The second-order valence-electron chi connectivity index (χ2n) is 6.55. The third-order valence-electron chi connectivity index (χ3n) is 2.83. The van der Waals surface area contributed by atoms with Crippen molar-refractivity contribution in [2.45, 2.75) is 65.7 Å². The van der Waals surface area contributed by atoms with Crippen molar-refractivity contribution in [2.75, 3.05) is 13.2 Å². The third-order valence-corrected chi connectivity index (χ3v) is 2.83. The minimum absolute atomic E-state index is 0.132. The zero-order chi connectivity index (χ0) is 15.9. The summed E-state index contributed by atoms with van der Waals surface area (Å²) < 4.78 is 11.7. The molecule has 0 saturated carbocycles. The number of rotatable bonds is 8. The molecule has 4 nitrogen and oxygen atoms in total. The van der Waals surface area contributed by atoms with Gasteiger partial charge in [-0.3, -0.25) is 4.98 Å². The van der Waals surface area contributed by atoms with E-state index in [9.17, 15) is 0 Å². The van der Waals surface area contributed by atoms with Gasteiger partial charge in [-0.2, -0.15) is 0 Å². The summed E-state index contributed by atoms with van der Waals surface area (Å²) in [5.41, 5.74) is 0.955. The maximum Gasteiger partial charge on any atom is 0.138 e. The Bertz CT molecular complexity index is 413. The van der Waals surface area contributed by atoms with Gasteiger partial charge in [0.1, 0.15) is 5.75 Å². The zero-order valence-corrected chi connectivity index (χ0v) is 14.3. The average Bonchev–Trinajstić information content (AvgIpc) is 2.37. The summed E-state index contributed by atoms with van der Waals surface area (Å²) in [7, 11) is 0. The van der Waals surface area contributed by atoms with E-state index >= 15 is 0 Å². The molecule has 0 aromatic carbocycles. The molecule has 0 saturated heterocycles. The van der Waals surface area contributed by atoms with E-state index < -0.39 is 0 Å². The fraction of sp³-hybridized carbons (Fsp3) is 0.706. The minimum Gasteiger partial charge on any atom is -0.489 e. The van der Waals surface area contributed by atoms with Crippen LogP contribution in [0.3, 0.4) is 0 Å². The monoisotopic (exact) mass is 294 g/mol. The van der Waals surface area contributed by atoms with E-state index in [1.165, 1.54) is 0 Å². The van der Waals surface area contributed by atoms with Crippen molar-refractivity contribution < 1.29 is 9.47 Å². The fourth-order valence-corrected chi connectivity index (χ4v) is 1.89. The van der Waals surface area contributed by atoms with Gasteiger partial charge < -0.3 is 14.8 Å². The van der Waals surface area contributed by atoms with Crippen LogP contribution in [0.5, 0.6) is 5.75 Å². The third kappa shape index (κ3) is 7.44. The highest BCUT2D eigenvalue weighted by Gasteiger charge is 2.17. The zero-order valence-electron chi connectivity index (χ0n) is 14.3. The summed E-state index contributed by atoms with van der Waals surface area (Å²) in [6.45, 7) is 14.0. The highest BCUT2D eigenvalue weighted by atomic mass is 16.5. The van der Waals surface area contributed by atoms with Gasteiger partial charge in [-0.05, 0) is 59.2 Å². The van der Waals surface area contributed by atoms with E-state index in [1.807, 2.05) is 26.1 Å². The van der Waals surface area contributed by atoms with Gasteiger partial charge in [-0.1, -0.05) is 6.92 Å². The number of ether oxygens (including phenoxy) is 2. The van der Waals surface area contributed by atoms with E-state index in [0.29, 0.717) is 6.61 Å². The number of nitrogens with zero attached hydrogens (tertiary/aromatic N) is 1. The Morgan fingerprint density at radius 2 is 1.95 bits per heavy atom. The number of aromatic nitrogens is 1. The molecule has 1 atom stereocenters. The van der Waals surface area contributed by atoms with Crippen LogP contribution in [0.25, 0.3) is 0 Å². The van der Waals surface area contributed by atoms with Crippen LogP contribution >= 0.6 is 0 Å². The Morgan fingerprint density at radius 1 is 1.24 bits per heavy atom. The first-order valence-electron chi connectivity index (χ1n) is 7.80. The first-order valence-corrected chi connectivity index (χ1v) is 7.80. The van der Waals surface area contributed by atoms with Crippen molar-refractivity contribution in [2.24, 2.45) is 0 Å². The summed E-state index contributed by atoms with van der Waals surface area (Å²) in [5.74, 6) is 0.807. The van der Waals surface area contributed by atoms with E-state index in [1.54, 1.807) is 6.20 Å². The first-order chi connectivity index (χ1) is 9.81. The van der Waals surface area contributed by atoms with Crippen molar-refractivity contribution >= 4 is 0 Å². The summed E-state index contributed by atoms with van der Waals surface area (Å²) in [6.07, 6.45) is 4.87. The lowest BCUT2D eigenvalue weighted by atomic mass is 10.1. The van der Waals surface area contributed by atoms with E-state index in [2.05, 4.69) is 38.0 Å². The maximum absolute atomic E-state index is 5.93. The van der Waals surface area contributed by atoms with Crippen LogP contribution in [0.2, 0.25) is 0 Å². The van der Waals surface area contributed by atoms with Gasteiger partial charge in [0.2, 0.25) is 0 Å².